The molecular weight excluding hydrogens is 320 g/mol. The first-order chi connectivity index (χ1) is 12.0. The molecule has 6 nitrogen and oxygen atoms in total. The van der Waals surface area contributed by atoms with Gasteiger partial charge in [0.15, 0.2) is 6.10 Å². The van der Waals surface area contributed by atoms with Gasteiger partial charge in [-0.1, -0.05) is 18.2 Å². The lowest BCUT2D eigenvalue weighted by Crippen LogP contribution is -2.26. The van der Waals surface area contributed by atoms with E-state index in [0.29, 0.717) is 17.1 Å². The summed E-state index contributed by atoms with van der Waals surface area (Å²) in [4.78, 5) is 28.5. The van der Waals surface area contributed by atoms with Gasteiger partial charge in [0.25, 0.3) is 5.56 Å². The van der Waals surface area contributed by atoms with E-state index in [0.717, 1.165) is 5.56 Å². The number of rotatable bonds is 5. The van der Waals surface area contributed by atoms with Crippen molar-refractivity contribution in [2.24, 2.45) is 0 Å². The number of pyridine rings is 1. The Bertz CT molecular complexity index is 951. The van der Waals surface area contributed by atoms with Crippen molar-refractivity contribution in [3.63, 3.8) is 0 Å². The van der Waals surface area contributed by atoms with Crippen LogP contribution < -0.4 is 10.3 Å². The van der Waals surface area contributed by atoms with Crippen LogP contribution in [0.3, 0.4) is 0 Å². The molecule has 0 amide bonds. The standard InChI is InChI=1S/C19H18N2O4/c1-13-8-9-21-17(10-13)20-15(11-18(21)22)12-24-19(23)14(2)25-16-6-4-3-5-7-16/h3-11,14H,12H2,1-2H3. The number of hydrogen-bond acceptors (Lipinski definition) is 5. The number of hydrogen-bond donors (Lipinski definition) is 0. The molecular formula is C19H18N2O4. The molecule has 0 bridgehead atoms. The van der Waals surface area contributed by atoms with Gasteiger partial charge in [0, 0.05) is 12.3 Å². The van der Waals surface area contributed by atoms with E-state index in [1.807, 2.05) is 31.2 Å². The summed E-state index contributed by atoms with van der Waals surface area (Å²) in [6, 6.07) is 14.0. The van der Waals surface area contributed by atoms with Crippen LogP contribution in [-0.4, -0.2) is 21.5 Å². The Hall–Kier alpha value is -3.15. The molecule has 3 aromatic rings. The monoisotopic (exact) mass is 338 g/mol. The minimum Gasteiger partial charge on any atom is -0.479 e. The average Bonchev–Trinajstić information content (AvgIpc) is 2.60. The first-order valence-electron chi connectivity index (χ1n) is 7.90. The van der Waals surface area contributed by atoms with E-state index >= 15 is 0 Å². The Balaban J connectivity index is 1.67. The first-order valence-corrected chi connectivity index (χ1v) is 7.90. The zero-order chi connectivity index (χ0) is 17.8. The Morgan fingerprint density at radius 2 is 1.96 bits per heavy atom. The minimum atomic E-state index is -0.758. The summed E-state index contributed by atoms with van der Waals surface area (Å²) in [5.41, 5.74) is 1.69. The Labute approximate surface area is 144 Å². The molecule has 0 aliphatic carbocycles. The van der Waals surface area contributed by atoms with Gasteiger partial charge in [0.2, 0.25) is 0 Å². The van der Waals surface area contributed by atoms with Gasteiger partial charge in [-0.2, -0.15) is 0 Å². The van der Waals surface area contributed by atoms with Crippen LogP contribution in [0.25, 0.3) is 5.65 Å². The number of aryl methyl sites for hydroxylation is 1. The van der Waals surface area contributed by atoms with Gasteiger partial charge in [0.1, 0.15) is 18.0 Å². The van der Waals surface area contributed by atoms with Gasteiger partial charge in [0.05, 0.1) is 5.69 Å². The summed E-state index contributed by atoms with van der Waals surface area (Å²) in [6.07, 6.45) is 0.914. The third-order valence-electron chi connectivity index (χ3n) is 3.63. The van der Waals surface area contributed by atoms with Crippen molar-refractivity contribution < 1.29 is 14.3 Å². The average molecular weight is 338 g/mol. The fourth-order valence-electron chi connectivity index (χ4n) is 2.34. The second-order valence-corrected chi connectivity index (χ2v) is 5.70. The molecule has 0 fully saturated rings. The van der Waals surface area contributed by atoms with Crippen LogP contribution in [0, 0.1) is 6.92 Å². The van der Waals surface area contributed by atoms with Gasteiger partial charge in [-0.05, 0) is 43.7 Å². The third-order valence-corrected chi connectivity index (χ3v) is 3.63. The van der Waals surface area contributed by atoms with Crippen molar-refractivity contribution >= 4 is 11.6 Å². The van der Waals surface area contributed by atoms with E-state index in [4.69, 9.17) is 9.47 Å². The lowest BCUT2D eigenvalue weighted by Gasteiger charge is -2.13. The number of benzene rings is 1. The number of esters is 1. The summed E-state index contributed by atoms with van der Waals surface area (Å²) in [5, 5.41) is 0. The van der Waals surface area contributed by atoms with Gasteiger partial charge in [-0.25, -0.2) is 9.78 Å². The molecule has 0 radical (unpaired) electrons. The van der Waals surface area contributed by atoms with Crippen molar-refractivity contribution in [3.8, 4) is 5.75 Å². The number of fused-ring (bicyclic) bond motifs is 1. The van der Waals surface area contributed by atoms with Crippen LogP contribution in [0.4, 0.5) is 0 Å². The van der Waals surface area contributed by atoms with Gasteiger partial charge in [-0.3, -0.25) is 9.20 Å². The summed E-state index contributed by atoms with van der Waals surface area (Å²) in [6.45, 7) is 3.45. The summed E-state index contributed by atoms with van der Waals surface area (Å²) >= 11 is 0. The number of para-hydroxylation sites is 1. The molecule has 0 aliphatic rings. The molecule has 0 N–H and O–H groups in total. The molecule has 2 heterocycles. The van der Waals surface area contributed by atoms with Crippen LogP contribution >= 0.6 is 0 Å². The Morgan fingerprint density at radius 1 is 1.20 bits per heavy atom. The van der Waals surface area contributed by atoms with Crippen molar-refractivity contribution in [1.29, 1.82) is 0 Å². The highest BCUT2D eigenvalue weighted by atomic mass is 16.6. The molecule has 0 saturated heterocycles. The van der Waals surface area contributed by atoms with Crippen LogP contribution in [0.2, 0.25) is 0 Å². The quantitative estimate of drug-likeness (QED) is 0.669. The maximum absolute atomic E-state index is 12.1. The number of carbonyl (C=O) groups is 1. The lowest BCUT2D eigenvalue weighted by molar-refractivity contribution is -0.152. The van der Waals surface area contributed by atoms with Crippen LogP contribution in [0.5, 0.6) is 5.75 Å². The molecule has 6 heteroatoms. The predicted octanol–water partition coefficient (Wildman–Crippen LogP) is 2.51. The Morgan fingerprint density at radius 3 is 2.72 bits per heavy atom. The molecule has 1 aromatic carbocycles. The van der Waals surface area contributed by atoms with E-state index in [1.165, 1.54) is 10.5 Å². The highest BCUT2D eigenvalue weighted by Crippen LogP contribution is 2.12. The topological polar surface area (TPSA) is 69.9 Å². The van der Waals surface area contributed by atoms with Crippen molar-refractivity contribution in [3.05, 3.63) is 76.3 Å². The second-order valence-electron chi connectivity index (χ2n) is 5.70. The first kappa shape index (κ1) is 16.7. The minimum absolute atomic E-state index is 0.0823. The molecule has 3 rings (SSSR count). The van der Waals surface area contributed by atoms with Crippen LogP contribution in [-0.2, 0) is 16.1 Å². The Kier molecular flexibility index (Phi) is 4.79. The predicted molar refractivity (Wildman–Crippen MR) is 92.5 cm³/mol. The molecule has 1 atom stereocenters. The van der Waals surface area contributed by atoms with E-state index in [1.54, 1.807) is 31.3 Å². The largest absolute Gasteiger partial charge is 0.479 e. The van der Waals surface area contributed by atoms with Crippen molar-refractivity contribution in [2.75, 3.05) is 0 Å². The third kappa shape index (κ3) is 4.03. The highest BCUT2D eigenvalue weighted by molar-refractivity contribution is 5.74. The number of nitrogens with zero attached hydrogens (tertiary/aromatic N) is 2. The highest BCUT2D eigenvalue weighted by Gasteiger charge is 2.17. The molecule has 1 unspecified atom stereocenters. The SMILES string of the molecule is Cc1ccn2c(=O)cc(COC(=O)C(C)Oc3ccccc3)nc2c1. The van der Waals surface area contributed by atoms with Gasteiger partial charge < -0.3 is 9.47 Å². The maximum Gasteiger partial charge on any atom is 0.347 e. The summed E-state index contributed by atoms with van der Waals surface area (Å²) in [7, 11) is 0. The van der Waals surface area contributed by atoms with Gasteiger partial charge >= 0.3 is 5.97 Å². The maximum atomic E-state index is 12.1. The summed E-state index contributed by atoms with van der Waals surface area (Å²) < 4.78 is 12.2. The van der Waals surface area contributed by atoms with E-state index in [9.17, 15) is 9.59 Å². The fraction of sp³-hybridized carbons (Fsp3) is 0.211. The second kappa shape index (κ2) is 7.17. The molecule has 0 aliphatic heterocycles. The van der Waals surface area contributed by atoms with Crippen molar-refractivity contribution in [1.82, 2.24) is 9.38 Å². The van der Waals surface area contributed by atoms with Gasteiger partial charge in [-0.15, -0.1) is 0 Å². The summed E-state index contributed by atoms with van der Waals surface area (Å²) in [5.74, 6) is 0.0691. The molecule has 128 valence electrons. The number of ether oxygens (including phenoxy) is 2. The molecule has 0 saturated carbocycles. The normalized spacial score (nSPS) is 11.9. The van der Waals surface area contributed by atoms with E-state index < -0.39 is 12.1 Å². The lowest BCUT2D eigenvalue weighted by atomic mass is 10.3. The number of aromatic nitrogens is 2. The number of carbonyl (C=O) groups excluding carboxylic acids is 1. The van der Waals surface area contributed by atoms with E-state index in [-0.39, 0.29) is 12.2 Å². The smallest absolute Gasteiger partial charge is 0.347 e. The fourth-order valence-corrected chi connectivity index (χ4v) is 2.34. The van der Waals surface area contributed by atoms with Crippen molar-refractivity contribution in [2.45, 2.75) is 26.6 Å². The van der Waals surface area contributed by atoms with Crippen LogP contribution in [0.15, 0.2) is 59.5 Å². The molecule has 0 spiro atoms. The van der Waals surface area contributed by atoms with Crippen LogP contribution in [0.1, 0.15) is 18.2 Å². The molecule has 25 heavy (non-hydrogen) atoms. The van der Waals surface area contributed by atoms with E-state index in [2.05, 4.69) is 4.98 Å². The molecule has 2 aromatic heterocycles. The zero-order valence-corrected chi connectivity index (χ0v) is 14.0. The zero-order valence-electron chi connectivity index (χ0n) is 14.0.